The van der Waals surface area contributed by atoms with Crippen LogP contribution in [-0.4, -0.2) is 70.7 Å². The van der Waals surface area contributed by atoms with Gasteiger partial charge in [0.2, 0.25) is 11.8 Å². The number of nitrogens with one attached hydrogen (secondary N) is 6. The van der Waals surface area contributed by atoms with Crippen molar-refractivity contribution >= 4 is 34.8 Å². The second-order valence-electron chi connectivity index (χ2n) is 17.0. The number of methoxy groups -OCH3 is 2. The Morgan fingerprint density at radius 3 is 2.03 bits per heavy atom. The van der Waals surface area contributed by atoms with Crippen molar-refractivity contribution in [3.05, 3.63) is 121 Å². The number of hydrogen-bond donors (Lipinski definition) is 6. The Balaban J connectivity index is 0.972. The largest absolute Gasteiger partial charge is 0.453 e. The molecule has 0 aliphatic heterocycles. The number of H-pyrrole nitrogens is 2. The van der Waals surface area contributed by atoms with Crippen LogP contribution in [0.4, 0.5) is 9.59 Å². The van der Waals surface area contributed by atoms with Crippen molar-refractivity contribution in [1.82, 2.24) is 41.2 Å². The minimum Gasteiger partial charge on any atom is -0.453 e. The first-order chi connectivity index (χ1) is 31.0. The lowest BCUT2D eigenvalue weighted by atomic mass is 9.95. The molecule has 4 aromatic carbocycles. The van der Waals surface area contributed by atoms with Crippen LogP contribution >= 0.6 is 0 Å². The summed E-state index contributed by atoms with van der Waals surface area (Å²) in [5.74, 6) is 1.66. The van der Waals surface area contributed by atoms with E-state index in [1.807, 2.05) is 56.6 Å². The van der Waals surface area contributed by atoms with Crippen molar-refractivity contribution in [1.29, 1.82) is 0 Å². The van der Waals surface area contributed by atoms with E-state index >= 15 is 0 Å². The molecule has 7 rings (SSSR count). The summed E-state index contributed by atoms with van der Waals surface area (Å²) in [4.78, 5) is 66.8. The summed E-state index contributed by atoms with van der Waals surface area (Å²) in [5, 5.41) is 13.7. The van der Waals surface area contributed by atoms with E-state index in [2.05, 4.69) is 109 Å². The van der Waals surface area contributed by atoms with Gasteiger partial charge in [-0.2, -0.15) is 0 Å². The first kappa shape index (κ1) is 45.1. The zero-order valence-electron chi connectivity index (χ0n) is 37.1. The smallest absolute Gasteiger partial charge is 0.407 e. The molecule has 4 amide bonds. The molecule has 6 aromatic rings. The Hall–Kier alpha value is -6.96. The van der Waals surface area contributed by atoms with Gasteiger partial charge < -0.3 is 40.7 Å². The Morgan fingerprint density at radius 2 is 1.34 bits per heavy atom. The SMILES string of the molecule is COC(=O)N[C@H](C(=O)NCCCCc1ncc(-c2ccc3cc(-c4ccc(-c5cnc(C(NC(=O)[C@H](NC(=O)OC)c6ccccc6)[C@@H]6CC[C@H](C)C6)[nH]5)cc4)ccc3c2)[nH]1)C(C)C. The first-order valence-electron chi connectivity index (χ1n) is 22.0. The molecule has 6 N–H and O–H groups in total. The van der Waals surface area contributed by atoms with Crippen molar-refractivity contribution in [3.63, 3.8) is 0 Å². The minimum atomic E-state index is -0.931. The zero-order chi connectivity index (χ0) is 45.2. The van der Waals surface area contributed by atoms with Gasteiger partial charge in [0.25, 0.3) is 0 Å². The van der Waals surface area contributed by atoms with E-state index in [-0.39, 0.29) is 29.7 Å². The molecule has 1 fully saturated rings. The number of benzene rings is 4. The summed E-state index contributed by atoms with van der Waals surface area (Å²) in [6.07, 6.45) is 7.71. The van der Waals surface area contributed by atoms with Crippen LogP contribution in [0.2, 0.25) is 0 Å². The molecular weight excluding hydrogens is 809 g/mol. The highest BCUT2D eigenvalue weighted by Crippen LogP contribution is 2.39. The molecule has 0 saturated heterocycles. The number of aromatic nitrogens is 4. The molecule has 14 heteroatoms. The number of nitrogens with zero attached hydrogens (tertiary/aromatic N) is 2. The number of unbranched alkanes of at least 4 members (excludes halogenated alkanes) is 1. The van der Waals surface area contributed by atoms with Gasteiger partial charge in [0.1, 0.15) is 23.7 Å². The van der Waals surface area contributed by atoms with E-state index in [4.69, 9.17) is 9.72 Å². The minimum absolute atomic E-state index is 0.0724. The number of aromatic amines is 2. The predicted octanol–water partition coefficient (Wildman–Crippen LogP) is 8.80. The standard InChI is InChI=1S/C50H58N8O6/c1-30(2)43(57-49(61)63-4)47(59)51-24-10-9-13-42-52-28-41(54-42)38-23-22-36-26-35(20-21-37(36)27-38)32-16-18-33(19-17-32)40-29-53-46(55-40)44(39-15-14-31(3)25-39)56-48(60)45(58-50(62)64-5)34-11-7-6-8-12-34/h6-8,11-12,16-23,26-31,39,43-45H,9-10,13-15,24-25H2,1-5H3,(H,51,59)(H,52,54)(H,53,55)(H,56,60)(H,57,61)(H,58,62)/t31-,39+,43-,44?,45+/m0/s1. The molecular formula is C50H58N8O6. The van der Waals surface area contributed by atoms with E-state index in [1.54, 1.807) is 0 Å². The van der Waals surface area contributed by atoms with E-state index in [0.717, 1.165) is 88.8 Å². The van der Waals surface area contributed by atoms with Gasteiger partial charge in [-0.15, -0.1) is 0 Å². The molecule has 2 heterocycles. The van der Waals surface area contributed by atoms with E-state index in [0.29, 0.717) is 23.9 Å². The quantitative estimate of drug-likeness (QED) is 0.0490. The molecule has 0 radical (unpaired) electrons. The first-order valence-corrected chi connectivity index (χ1v) is 22.0. The van der Waals surface area contributed by atoms with E-state index < -0.39 is 24.3 Å². The van der Waals surface area contributed by atoms with Crippen LogP contribution in [-0.2, 0) is 25.5 Å². The topological polar surface area (TPSA) is 192 Å². The second-order valence-corrected chi connectivity index (χ2v) is 17.0. The summed E-state index contributed by atoms with van der Waals surface area (Å²) in [6, 6.07) is 28.4. The number of aryl methyl sites for hydroxylation is 1. The Kier molecular flexibility index (Phi) is 14.7. The molecule has 1 aliphatic carbocycles. The van der Waals surface area contributed by atoms with Crippen LogP contribution < -0.4 is 21.3 Å². The lowest BCUT2D eigenvalue weighted by molar-refractivity contribution is -0.125. The van der Waals surface area contributed by atoms with Crippen molar-refractivity contribution in [3.8, 4) is 33.6 Å². The summed E-state index contributed by atoms with van der Waals surface area (Å²) < 4.78 is 9.50. The fraction of sp³-hybridized carbons (Fsp3) is 0.360. The maximum Gasteiger partial charge on any atom is 0.407 e. The molecule has 14 nitrogen and oxygen atoms in total. The lowest BCUT2D eigenvalue weighted by Crippen LogP contribution is -2.49. The summed E-state index contributed by atoms with van der Waals surface area (Å²) in [7, 11) is 2.56. The van der Waals surface area contributed by atoms with Gasteiger partial charge in [-0.05, 0) is 88.6 Å². The third kappa shape index (κ3) is 11.2. The summed E-state index contributed by atoms with van der Waals surface area (Å²) in [5.41, 5.74) is 6.65. The maximum absolute atomic E-state index is 13.9. The van der Waals surface area contributed by atoms with Crippen molar-refractivity contribution in [2.75, 3.05) is 20.8 Å². The second kappa shape index (κ2) is 20.9. The highest BCUT2D eigenvalue weighted by atomic mass is 16.5. The van der Waals surface area contributed by atoms with E-state index in [9.17, 15) is 19.2 Å². The van der Waals surface area contributed by atoms with Gasteiger partial charge >= 0.3 is 12.2 Å². The predicted molar refractivity (Wildman–Crippen MR) is 247 cm³/mol. The third-order valence-corrected chi connectivity index (χ3v) is 12.1. The van der Waals surface area contributed by atoms with Crippen LogP contribution in [0.15, 0.2) is 103 Å². The number of imidazole rings is 2. The molecule has 1 unspecified atom stereocenters. The highest BCUT2D eigenvalue weighted by molar-refractivity contribution is 5.91. The van der Waals surface area contributed by atoms with Gasteiger partial charge in [-0.25, -0.2) is 19.6 Å². The fourth-order valence-corrected chi connectivity index (χ4v) is 8.49. The molecule has 1 aliphatic rings. The Morgan fingerprint density at radius 1 is 0.703 bits per heavy atom. The van der Waals surface area contributed by atoms with Crippen LogP contribution in [0, 0.1) is 17.8 Å². The summed E-state index contributed by atoms with van der Waals surface area (Å²) >= 11 is 0. The van der Waals surface area contributed by atoms with Gasteiger partial charge in [0.15, 0.2) is 0 Å². The number of alkyl carbamates (subject to hydrolysis) is 2. The maximum atomic E-state index is 13.9. The van der Waals surface area contributed by atoms with Gasteiger partial charge in [0, 0.05) is 18.5 Å². The average molecular weight is 867 g/mol. The monoisotopic (exact) mass is 866 g/mol. The van der Waals surface area contributed by atoms with Gasteiger partial charge in [-0.1, -0.05) is 106 Å². The van der Waals surface area contributed by atoms with Crippen LogP contribution in [0.1, 0.15) is 82.2 Å². The fourth-order valence-electron chi connectivity index (χ4n) is 8.49. The van der Waals surface area contributed by atoms with Gasteiger partial charge in [-0.3, -0.25) is 9.59 Å². The summed E-state index contributed by atoms with van der Waals surface area (Å²) in [6.45, 7) is 6.48. The van der Waals surface area contributed by atoms with E-state index in [1.165, 1.54) is 14.2 Å². The van der Waals surface area contributed by atoms with Crippen LogP contribution in [0.5, 0.6) is 0 Å². The molecule has 0 bridgehead atoms. The normalized spacial score (nSPS) is 16.2. The number of amides is 4. The van der Waals surface area contributed by atoms with Crippen molar-refractivity contribution < 1.29 is 28.7 Å². The Bertz CT molecular complexity index is 2530. The Labute approximate surface area is 373 Å². The van der Waals surface area contributed by atoms with Gasteiger partial charge in [0.05, 0.1) is 44.0 Å². The third-order valence-electron chi connectivity index (χ3n) is 12.1. The number of hydrogen-bond acceptors (Lipinski definition) is 8. The molecule has 5 atom stereocenters. The molecule has 0 spiro atoms. The number of rotatable bonds is 17. The molecule has 2 aromatic heterocycles. The number of fused-ring (bicyclic) bond motifs is 1. The molecule has 1 saturated carbocycles. The zero-order valence-corrected chi connectivity index (χ0v) is 37.1. The lowest BCUT2D eigenvalue weighted by Gasteiger charge is -2.26. The highest BCUT2D eigenvalue weighted by Gasteiger charge is 2.35. The molecule has 334 valence electrons. The average Bonchev–Trinajstić information content (AvgIpc) is 4.11. The number of ether oxygens (including phenoxy) is 2. The van der Waals surface area contributed by atoms with Crippen LogP contribution in [0.3, 0.4) is 0 Å². The number of carbonyl (C=O) groups is 4. The molecule has 64 heavy (non-hydrogen) atoms. The van der Waals surface area contributed by atoms with Crippen molar-refractivity contribution in [2.24, 2.45) is 17.8 Å². The van der Waals surface area contributed by atoms with Crippen LogP contribution in [0.25, 0.3) is 44.4 Å². The van der Waals surface area contributed by atoms with Crippen molar-refractivity contribution in [2.45, 2.75) is 77.4 Å². The number of carbonyl (C=O) groups excluding carboxylic acids is 4.